The number of hydrogen-bond donors (Lipinski definition) is 1. The van der Waals surface area contributed by atoms with Crippen LogP contribution in [-0.4, -0.2) is 55.1 Å². The van der Waals surface area contributed by atoms with Gasteiger partial charge in [0.25, 0.3) is 0 Å². The Balaban J connectivity index is 1.86. The summed E-state index contributed by atoms with van der Waals surface area (Å²) < 4.78 is 0. The van der Waals surface area contributed by atoms with E-state index in [4.69, 9.17) is 5.73 Å². The highest BCUT2D eigenvalue weighted by atomic mass is 15.3. The topological polar surface area (TPSA) is 32.5 Å². The van der Waals surface area contributed by atoms with E-state index in [1.165, 1.54) is 38.9 Å². The fourth-order valence-electron chi connectivity index (χ4n) is 2.31. The van der Waals surface area contributed by atoms with E-state index in [9.17, 15) is 0 Å². The number of nitrogens with two attached hydrogens (primary N) is 1. The van der Waals surface area contributed by atoms with Gasteiger partial charge >= 0.3 is 0 Å². The van der Waals surface area contributed by atoms with Crippen LogP contribution in [0.2, 0.25) is 0 Å². The van der Waals surface area contributed by atoms with Gasteiger partial charge < -0.3 is 5.73 Å². The summed E-state index contributed by atoms with van der Waals surface area (Å²) in [7, 11) is 2.19. The lowest BCUT2D eigenvalue weighted by molar-refractivity contribution is 0.0391. The molecule has 2 rings (SSSR count). The van der Waals surface area contributed by atoms with Crippen molar-refractivity contribution in [1.82, 2.24) is 9.80 Å². The SMILES string of the molecule is CN1CCN(C2CCC2)CC1CN. The fraction of sp³-hybridized carbons (Fsp3) is 1.00. The molecule has 2 fully saturated rings. The first-order valence-electron chi connectivity index (χ1n) is 5.45. The zero-order chi connectivity index (χ0) is 9.26. The zero-order valence-electron chi connectivity index (χ0n) is 8.58. The van der Waals surface area contributed by atoms with Crippen molar-refractivity contribution in [1.29, 1.82) is 0 Å². The second kappa shape index (κ2) is 3.95. The molecule has 0 spiro atoms. The molecule has 1 aliphatic heterocycles. The van der Waals surface area contributed by atoms with E-state index >= 15 is 0 Å². The van der Waals surface area contributed by atoms with Gasteiger partial charge in [0.15, 0.2) is 0 Å². The van der Waals surface area contributed by atoms with Gasteiger partial charge in [-0.15, -0.1) is 0 Å². The van der Waals surface area contributed by atoms with Crippen molar-refractivity contribution in [3.8, 4) is 0 Å². The molecule has 2 N–H and O–H groups in total. The van der Waals surface area contributed by atoms with Crippen molar-refractivity contribution in [3.63, 3.8) is 0 Å². The first-order valence-corrected chi connectivity index (χ1v) is 5.45. The van der Waals surface area contributed by atoms with Crippen molar-refractivity contribution >= 4 is 0 Å². The molecule has 3 heteroatoms. The zero-order valence-corrected chi connectivity index (χ0v) is 8.58. The van der Waals surface area contributed by atoms with Crippen molar-refractivity contribution < 1.29 is 0 Å². The minimum atomic E-state index is 0.592. The molecule has 3 nitrogen and oxygen atoms in total. The summed E-state index contributed by atoms with van der Waals surface area (Å²) >= 11 is 0. The minimum Gasteiger partial charge on any atom is -0.329 e. The van der Waals surface area contributed by atoms with E-state index in [2.05, 4.69) is 16.8 Å². The molecular weight excluding hydrogens is 162 g/mol. The smallest absolute Gasteiger partial charge is 0.0343 e. The van der Waals surface area contributed by atoms with Gasteiger partial charge in [0.2, 0.25) is 0 Å². The monoisotopic (exact) mass is 183 g/mol. The highest BCUT2D eigenvalue weighted by Gasteiger charge is 2.30. The molecule has 0 amide bonds. The average molecular weight is 183 g/mol. The van der Waals surface area contributed by atoms with Crippen LogP contribution in [0.25, 0.3) is 0 Å². The van der Waals surface area contributed by atoms with Gasteiger partial charge in [0.05, 0.1) is 0 Å². The molecule has 1 heterocycles. The van der Waals surface area contributed by atoms with Gasteiger partial charge in [0, 0.05) is 38.3 Å². The van der Waals surface area contributed by atoms with Crippen molar-refractivity contribution in [2.24, 2.45) is 5.73 Å². The van der Waals surface area contributed by atoms with Crippen LogP contribution >= 0.6 is 0 Å². The normalized spacial score (nSPS) is 33.2. The third-order valence-corrected chi connectivity index (χ3v) is 3.67. The number of nitrogens with zero attached hydrogens (tertiary/aromatic N) is 2. The van der Waals surface area contributed by atoms with Gasteiger partial charge in [-0.05, 0) is 19.9 Å². The average Bonchev–Trinajstić information content (AvgIpc) is 2.05. The van der Waals surface area contributed by atoms with Crippen LogP contribution in [0.1, 0.15) is 19.3 Å². The summed E-state index contributed by atoms with van der Waals surface area (Å²) in [5.41, 5.74) is 5.75. The van der Waals surface area contributed by atoms with Crippen LogP contribution in [0.4, 0.5) is 0 Å². The highest BCUT2D eigenvalue weighted by molar-refractivity contribution is 4.87. The largest absolute Gasteiger partial charge is 0.329 e. The minimum absolute atomic E-state index is 0.592. The summed E-state index contributed by atoms with van der Waals surface area (Å²) in [6, 6.07) is 1.48. The molecule has 1 unspecified atom stereocenters. The Morgan fingerprint density at radius 3 is 2.62 bits per heavy atom. The molecule has 0 bridgehead atoms. The lowest BCUT2D eigenvalue weighted by Crippen LogP contribution is -2.57. The second-order valence-electron chi connectivity index (χ2n) is 4.45. The van der Waals surface area contributed by atoms with E-state index in [1.807, 2.05) is 0 Å². The maximum absolute atomic E-state index is 5.75. The molecule has 0 radical (unpaired) electrons. The second-order valence-corrected chi connectivity index (χ2v) is 4.45. The maximum atomic E-state index is 5.75. The molecule has 1 aliphatic carbocycles. The summed E-state index contributed by atoms with van der Waals surface area (Å²) in [4.78, 5) is 5.04. The van der Waals surface area contributed by atoms with Crippen LogP contribution in [0, 0.1) is 0 Å². The first kappa shape index (κ1) is 9.44. The standard InChI is InChI=1S/C10H21N3/c1-12-5-6-13(8-10(12)7-11)9-3-2-4-9/h9-10H,2-8,11H2,1H3. The maximum Gasteiger partial charge on any atom is 0.0343 e. The molecule has 76 valence electrons. The van der Waals surface area contributed by atoms with Crippen LogP contribution in [0.3, 0.4) is 0 Å². The molecule has 0 aromatic carbocycles. The third-order valence-electron chi connectivity index (χ3n) is 3.67. The Kier molecular flexibility index (Phi) is 2.86. The summed E-state index contributed by atoms with van der Waals surface area (Å²) in [6.07, 6.45) is 4.27. The van der Waals surface area contributed by atoms with Gasteiger partial charge in [0.1, 0.15) is 0 Å². The first-order chi connectivity index (χ1) is 6.31. The fourth-order valence-corrected chi connectivity index (χ4v) is 2.31. The van der Waals surface area contributed by atoms with Gasteiger partial charge in [-0.3, -0.25) is 9.80 Å². The van der Waals surface area contributed by atoms with Gasteiger partial charge in [-0.2, -0.15) is 0 Å². The highest BCUT2D eigenvalue weighted by Crippen LogP contribution is 2.26. The van der Waals surface area contributed by atoms with E-state index < -0.39 is 0 Å². The van der Waals surface area contributed by atoms with Crippen molar-refractivity contribution in [3.05, 3.63) is 0 Å². The molecular formula is C10H21N3. The van der Waals surface area contributed by atoms with E-state index in [0.717, 1.165) is 12.6 Å². The molecule has 1 atom stereocenters. The lowest BCUT2D eigenvalue weighted by atomic mass is 9.90. The lowest BCUT2D eigenvalue weighted by Gasteiger charge is -2.45. The van der Waals surface area contributed by atoms with Gasteiger partial charge in [-0.1, -0.05) is 6.42 Å². The molecule has 0 aromatic heterocycles. The Bertz CT molecular complexity index is 168. The number of likely N-dealkylation sites (N-methyl/N-ethyl adjacent to an activating group) is 1. The molecule has 0 aromatic rings. The Morgan fingerprint density at radius 2 is 2.08 bits per heavy atom. The molecule has 13 heavy (non-hydrogen) atoms. The van der Waals surface area contributed by atoms with Gasteiger partial charge in [-0.25, -0.2) is 0 Å². The van der Waals surface area contributed by atoms with E-state index in [-0.39, 0.29) is 0 Å². The number of rotatable bonds is 2. The Morgan fingerprint density at radius 1 is 1.31 bits per heavy atom. The molecule has 1 saturated heterocycles. The van der Waals surface area contributed by atoms with Crippen LogP contribution < -0.4 is 5.73 Å². The van der Waals surface area contributed by atoms with Crippen LogP contribution in [-0.2, 0) is 0 Å². The predicted octanol–water partition coefficient (Wildman–Crippen LogP) is 0.114. The number of hydrogen-bond acceptors (Lipinski definition) is 3. The number of piperazine rings is 1. The summed E-state index contributed by atoms with van der Waals surface area (Å²) in [5.74, 6) is 0. The molecule has 2 aliphatic rings. The Hall–Kier alpha value is -0.120. The summed E-state index contributed by atoms with van der Waals surface area (Å²) in [6.45, 7) is 4.44. The van der Waals surface area contributed by atoms with Crippen LogP contribution in [0.5, 0.6) is 0 Å². The van der Waals surface area contributed by atoms with Crippen LogP contribution in [0.15, 0.2) is 0 Å². The Labute approximate surface area is 80.9 Å². The quantitative estimate of drug-likeness (QED) is 0.660. The molecule has 1 saturated carbocycles. The summed E-state index contributed by atoms with van der Waals surface area (Å²) in [5, 5.41) is 0. The predicted molar refractivity (Wildman–Crippen MR) is 54.7 cm³/mol. The van der Waals surface area contributed by atoms with E-state index in [1.54, 1.807) is 0 Å². The third kappa shape index (κ3) is 1.87. The van der Waals surface area contributed by atoms with E-state index in [0.29, 0.717) is 6.04 Å². The van der Waals surface area contributed by atoms with Crippen molar-refractivity contribution in [2.75, 3.05) is 33.2 Å². The van der Waals surface area contributed by atoms with Crippen molar-refractivity contribution in [2.45, 2.75) is 31.3 Å².